The summed E-state index contributed by atoms with van der Waals surface area (Å²) < 4.78 is 0.900. The first-order valence-electron chi connectivity index (χ1n) is 6.75. The van der Waals surface area contributed by atoms with Crippen molar-refractivity contribution in [3.8, 4) is 22.5 Å². The quantitative estimate of drug-likeness (QED) is 0.224. The van der Waals surface area contributed by atoms with Crippen LogP contribution in [0.4, 0.5) is 0 Å². The number of halogens is 7. The van der Waals surface area contributed by atoms with Crippen molar-refractivity contribution in [2.75, 3.05) is 0 Å². The van der Waals surface area contributed by atoms with Crippen LogP contribution in [0.2, 0.25) is 30.1 Å². The molecular weight excluding hydrogens is 558 g/mol. The molecule has 0 aliphatic carbocycles. The SMILES string of the molecule is Clc1ccc(Cl)c(-c2cc(I)cc(-c3c(Cl)ccc(Cl)c3Cl)n2)c1Cl. The molecule has 128 valence electrons. The van der Waals surface area contributed by atoms with Gasteiger partial charge in [0.15, 0.2) is 0 Å². The van der Waals surface area contributed by atoms with Gasteiger partial charge in [-0.15, -0.1) is 0 Å². The van der Waals surface area contributed by atoms with E-state index in [4.69, 9.17) is 69.6 Å². The molecule has 1 aromatic heterocycles. The summed E-state index contributed by atoms with van der Waals surface area (Å²) in [7, 11) is 0. The van der Waals surface area contributed by atoms with Crippen LogP contribution in [0.1, 0.15) is 0 Å². The van der Waals surface area contributed by atoms with Crippen LogP contribution in [-0.2, 0) is 0 Å². The average Bonchev–Trinajstić information content (AvgIpc) is 2.55. The van der Waals surface area contributed by atoms with Crippen molar-refractivity contribution < 1.29 is 0 Å². The molecule has 0 fully saturated rings. The first-order chi connectivity index (χ1) is 11.8. The van der Waals surface area contributed by atoms with Crippen molar-refractivity contribution in [1.82, 2.24) is 4.98 Å². The van der Waals surface area contributed by atoms with Crippen molar-refractivity contribution in [1.29, 1.82) is 0 Å². The van der Waals surface area contributed by atoms with Gasteiger partial charge in [-0.25, -0.2) is 4.98 Å². The van der Waals surface area contributed by atoms with Crippen LogP contribution in [0.5, 0.6) is 0 Å². The van der Waals surface area contributed by atoms with Crippen LogP contribution in [0.25, 0.3) is 22.5 Å². The van der Waals surface area contributed by atoms with Crippen LogP contribution < -0.4 is 0 Å². The normalized spacial score (nSPS) is 11.0. The van der Waals surface area contributed by atoms with E-state index in [1.165, 1.54) is 0 Å². The van der Waals surface area contributed by atoms with Crippen molar-refractivity contribution in [2.24, 2.45) is 0 Å². The number of hydrogen-bond acceptors (Lipinski definition) is 1. The van der Waals surface area contributed by atoms with Crippen molar-refractivity contribution >= 4 is 92.2 Å². The summed E-state index contributed by atoms with van der Waals surface area (Å²) in [6, 6.07) is 10.3. The molecule has 0 saturated heterocycles. The highest BCUT2D eigenvalue weighted by Gasteiger charge is 2.18. The Hall–Kier alpha value is 0.0600. The third-order valence-corrected chi connectivity index (χ3v) is 6.25. The topological polar surface area (TPSA) is 12.9 Å². The van der Waals surface area contributed by atoms with Gasteiger partial charge in [0.2, 0.25) is 0 Å². The number of pyridine rings is 1. The predicted molar refractivity (Wildman–Crippen MR) is 118 cm³/mol. The zero-order valence-corrected chi connectivity index (χ0v) is 18.8. The van der Waals surface area contributed by atoms with Crippen LogP contribution >= 0.6 is 92.2 Å². The lowest BCUT2D eigenvalue weighted by molar-refractivity contribution is 1.31. The zero-order valence-electron chi connectivity index (χ0n) is 12.1. The Morgan fingerprint density at radius 1 is 0.600 bits per heavy atom. The molecule has 0 bridgehead atoms. The molecule has 3 aromatic rings. The molecular formula is C17H6Cl6IN. The van der Waals surface area contributed by atoms with Crippen molar-refractivity contribution in [2.45, 2.75) is 0 Å². The number of hydrogen-bond donors (Lipinski definition) is 0. The summed E-state index contributed by atoms with van der Waals surface area (Å²) in [5, 5.41) is 2.33. The molecule has 0 atom stereocenters. The summed E-state index contributed by atoms with van der Waals surface area (Å²) in [6.07, 6.45) is 0. The van der Waals surface area contributed by atoms with Gasteiger partial charge in [-0.3, -0.25) is 0 Å². The van der Waals surface area contributed by atoms with E-state index in [9.17, 15) is 0 Å². The van der Waals surface area contributed by atoms with Crippen molar-refractivity contribution in [3.63, 3.8) is 0 Å². The first kappa shape index (κ1) is 19.8. The maximum atomic E-state index is 6.34. The third kappa shape index (κ3) is 4.01. The second-order valence-corrected chi connectivity index (χ2v) is 8.62. The largest absolute Gasteiger partial charge is 0.247 e. The second-order valence-electron chi connectivity index (χ2n) is 4.99. The highest BCUT2D eigenvalue weighted by Crippen LogP contribution is 2.42. The highest BCUT2D eigenvalue weighted by molar-refractivity contribution is 14.1. The molecule has 8 heteroatoms. The minimum Gasteiger partial charge on any atom is -0.247 e. The van der Waals surface area contributed by atoms with E-state index in [1.807, 2.05) is 12.1 Å². The van der Waals surface area contributed by atoms with Gasteiger partial charge in [-0.2, -0.15) is 0 Å². The molecule has 2 aromatic carbocycles. The van der Waals surface area contributed by atoms with Gasteiger partial charge in [-0.05, 0) is 59.0 Å². The fraction of sp³-hybridized carbons (Fsp3) is 0. The summed E-state index contributed by atoms with van der Waals surface area (Å²) in [6.45, 7) is 0. The standard InChI is InChI=1S/C17H6Cl6IN/c18-8-1-3-10(20)16(22)14(8)12-5-7(24)6-13(25-12)15-9(19)2-4-11(21)17(15)23/h1-6H. The Morgan fingerprint density at radius 3 is 1.36 bits per heavy atom. The minimum atomic E-state index is 0.331. The Balaban J connectivity index is 2.29. The zero-order chi connectivity index (χ0) is 18.3. The lowest BCUT2D eigenvalue weighted by Crippen LogP contribution is -1.94. The van der Waals surface area contributed by atoms with Gasteiger partial charge in [0.1, 0.15) is 0 Å². The summed E-state index contributed by atoms with van der Waals surface area (Å²) in [5.41, 5.74) is 2.22. The third-order valence-electron chi connectivity index (χ3n) is 3.39. The Labute approximate surface area is 188 Å². The van der Waals surface area contributed by atoms with Gasteiger partial charge < -0.3 is 0 Å². The molecule has 0 saturated carbocycles. The van der Waals surface area contributed by atoms with Crippen LogP contribution in [0.3, 0.4) is 0 Å². The van der Waals surface area contributed by atoms with E-state index in [2.05, 4.69) is 27.6 Å². The molecule has 3 rings (SSSR count). The van der Waals surface area contributed by atoms with E-state index in [-0.39, 0.29) is 0 Å². The first-order valence-corrected chi connectivity index (χ1v) is 10.1. The van der Waals surface area contributed by atoms with Crippen LogP contribution in [-0.4, -0.2) is 4.98 Å². The predicted octanol–water partition coefficient (Wildman–Crippen LogP) is 8.94. The molecule has 0 aliphatic heterocycles. The number of aromatic nitrogens is 1. The van der Waals surface area contributed by atoms with Crippen LogP contribution in [0.15, 0.2) is 36.4 Å². The minimum absolute atomic E-state index is 0.331. The molecule has 25 heavy (non-hydrogen) atoms. The molecule has 0 unspecified atom stereocenters. The fourth-order valence-electron chi connectivity index (χ4n) is 2.28. The monoisotopic (exact) mass is 561 g/mol. The molecule has 1 nitrogen and oxygen atoms in total. The summed E-state index contributed by atoms with van der Waals surface area (Å²) in [4.78, 5) is 4.64. The van der Waals surface area contributed by atoms with Gasteiger partial charge in [0.05, 0.1) is 41.5 Å². The smallest absolute Gasteiger partial charge is 0.0750 e. The Kier molecular flexibility index (Phi) is 6.32. The second kappa shape index (κ2) is 7.97. The van der Waals surface area contributed by atoms with E-state index in [0.29, 0.717) is 52.7 Å². The average molecular weight is 564 g/mol. The fourth-order valence-corrected chi connectivity index (χ4v) is 4.31. The molecule has 0 radical (unpaired) electrons. The molecule has 0 N–H and O–H groups in total. The molecule has 0 amide bonds. The molecule has 0 spiro atoms. The Bertz CT molecular complexity index is 914. The van der Waals surface area contributed by atoms with E-state index in [0.717, 1.165) is 3.57 Å². The Morgan fingerprint density at radius 2 is 0.960 bits per heavy atom. The van der Waals surface area contributed by atoms with Crippen LogP contribution in [0, 0.1) is 3.57 Å². The summed E-state index contributed by atoms with van der Waals surface area (Å²) >= 11 is 39.7. The van der Waals surface area contributed by atoms with E-state index in [1.54, 1.807) is 24.3 Å². The van der Waals surface area contributed by atoms with E-state index < -0.39 is 0 Å². The number of nitrogens with zero attached hydrogens (tertiary/aromatic N) is 1. The van der Waals surface area contributed by atoms with Gasteiger partial charge in [0, 0.05) is 14.7 Å². The lowest BCUT2D eigenvalue weighted by atomic mass is 10.1. The number of benzene rings is 2. The number of rotatable bonds is 2. The molecule has 1 heterocycles. The maximum Gasteiger partial charge on any atom is 0.0750 e. The lowest BCUT2D eigenvalue weighted by Gasteiger charge is -2.13. The van der Waals surface area contributed by atoms with E-state index >= 15 is 0 Å². The van der Waals surface area contributed by atoms with Gasteiger partial charge in [0.25, 0.3) is 0 Å². The molecule has 0 aliphatic rings. The van der Waals surface area contributed by atoms with Crippen molar-refractivity contribution in [3.05, 3.63) is 70.1 Å². The van der Waals surface area contributed by atoms with Gasteiger partial charge >= 0.3 is 0 Å². The maximum absolute atomic E-state index is 6.34. The summed E-state index contributed by atoms with van der Waals surface area (Å²) in [5.74, 6) is 0. The van der Waals surface area contributed by atoms with Gasteiger partial charge in [-0.1, -0.05) is 69.6 Å². The highest BCUT2D eigenvalue weighted by atomic mass is 127.